The highest BCUT2D eigenvalue weighted by Gasteiger charge is 2.53. The third kappa shape index (κ3) is 3.64. The molecule has 4 saturated heterocycles. The summed E-state index contributed by atoms with van der Waals surface area (Å²) in [6.07, 6.45) is 0. The van der Waals surface area contributed by atoms with Gasteiger partial charge in [0, 0.05) is 45.2 Å². The molecule has 4 aliphatic rings. The quantitative estimate of drug-likeness (QED) is 0.589. The molecule has 2 unspecified atom stereocenters. The Balaban J connectivity index is 1.39. The molecule has 0 spiro atoms. The summed E-state index contributed by atoms with van der Waals surface area (Å²) in [7, 11) is 0. The van der Waals surface area contributed by atoms with Crippen molar-refractivity contribution in [2.75, 3.05) is 39.3 Å². The maximum absolute atomic E-state index is 5.59. The van der Waals surface area contributed by atoms with Crippen molar-refractivity contribution in [3.63, 3.8) is 0 Å². The first-order chi connectivity index (χ1) is 14.6. The first-order valence-corrected chi connectivity index (χ1v) is 11.2. The summed E-state index contributed by atoms with van der Waals surface area (Å²) in [5.41, 5.74) is 6.97. The van der Waals surface area contributed by atoms with Crippen LogP contribution in [0.4, 0.5) is 0 Å². The largest absolute Gasteiger partial charge is 0.355 e. The van der Waals surface area contributed by atoms with Crippen molar-refractivity contribution in [3.8, 4) is 0 Å². The minimum atomic E-state index is -0.0629. The number of nitrogens with one attached hydrogen (secondary N) is 2. The average Bonchev–Trinajstić information content (AvgIpc) is 3.02. The van der Waals surface area contributed by atoms with Gasteiger partial charge in [-0.2, -0.15) is 5.10 Å². The summed E-state index contributed by atoms with van der Waals surface area (Å²) in [5.74, 6) is 0.442. The van der Waals surface area contributed by atoms with Crippen LogP contribution in [0.1, 0.15) is 24.1 Å². The van der Waals surface area contributed by atoms with Gasteiger partial charge in [-0.25, -0.2) is 0 Å². The number of benzene rings is 2. The Morgan fingerprint density at radius 3 is 2.23 bits per heavy atom. The second kappa shape index (κ2) is 8.10. The lowest BCUT2D eigenvalue weighted by Gasteiger charge is -2.50. The van der Waals surface area contributed by atoms with Crippen molar-refractivity contribution in [1.82, 2.24) is 20.5 Å². The Kier molecular flexibility index (Phi) is 5.31. The van der Waals surface area contributed by atoms with Crippen LogP contribution in [-0.4, -0.2) is 59.9 Å². The van der Waals surface area contributed by atoms with Crippen LogP contribution in [0, 0.1) is 5.92 Å². The number of hydrogen-bond donors (Lipinski definition) is 2. The number of piperidine rings is 2. The molecule has 3 atom stereocenters. The fraction of sp³-hybridized carbons (Fsp3) is 0.417. The molecule has 30 heavy (non-hydrogen) atoms. The topological polar surface area (TPSA) is 42.9 Å². The Labute approximate surface area is 184 Å². The molecule has 6 heteroatoms. The van der Waals surface area contributed by atoms with Gasteiger partial charge in [-0.05, 0) is 30.3 Å². The van der Waals surface area contributed by atoms with Crippen molar-refractivity contribution < 1.29 is 0 Å². The Morgan fingerprint density at radius 1 is 1.00 bits per heavy atom. The highest BCUT2D eigenvalue weighted by Crippen LogP contribution is 2.41. The normalized spacial score (nSPS) is 31.9. The van der Waals surface area contributed by atoms with E-state index < -0.39 is 0 Å². The first-order valence-electron chi connectivity index (χ1n) is 10.8. The Morgan fingerprint density at radius 2 is 1.60 bits per heavy atom. The van der Waals surface area contributed by atoms with E-state index in [1.807, 2.05) is 6.07 Å². The van der Waals surface area contributed by atoms with E-state index in [4.69, 9.17) is 17.3 Å². The van der Waals surface area contributed by atoms with Gasteiger partial charge in [0.15, 0.2) is 5.11 Å². The van der Waals surface area contributed by atoms with E-state index in [0.717, 1.165) is 39.3 Å². The molecule has 0 radical (unpaired) electrons. The fourth-order valence-corrected chi connectivity index (χ4v) is 5.65. The van der Waals surface area contributed by atoms with E-state index in [-0.39, 0.29) is 11.5 Å². The minimum absolute atomic E-state index is 0.0629. The Bertz CT molecular complexity index is 913. The first kappa shape index (κ1) is 19.7. The highest BCUT2D eigenvalue weighted by atomic mass is 32.1. The third-order valence-electron chi connectivity index (χ3n) is 6.81. The number of hydrogen-bond acceptors (Lipinski definition) is 4. The van der Waals surface area contributed by atoms with E-state index in [1.165, 1.54) is 16.8 Å². The van der Waals surface area contributed by atoms with Gasteiger partial charge in [-0.3, -0.25) is 5.43 Å². The van der Waals surface area contributed by atoms with Gasteiger partial charge < -0.3 is 15.1 Å². The van der Waals surface area contributed by atoms with Crippen LogP contribution in [0.2, 0.25) is 0 Å². The van der Waals surface area contributed by atoms with E-state index in [0.29, 0.717) is 11.0 Å². The maximum Gasteiger partial charge on any atom is 0.187 e. The van der Waals surface area contributed by atoms with Crippen molar-refractivity contribution >= 4 is 23.0 Å². The zero-order chi connectivity index (χ0) is 20.6. The predicted octanol–water partition coefficient (Wildman–Crippen LogP) is 2.77. The number of fused-ring (bicyclic) bond motifs is 1. The summed E-state index contributed by atoms with van der Waals surface area (Å²) in [6.45, 7) is 8.67. The molecule has 2 N–H and O–H groups in total. The molecule has 4 bridgehead atoms. The van der Waals surface area contributed by atoms with E-state index in [9.17, 15) is 0 Å². The molecule has 2 aromatic carbocycles. The van der Waals surface area contributed by atoms with Crippen LogP contribution in [0.15, 0.2) is 65.8 Å². The second-order valence-corrected chi connectivity index (χ2v) is 9.24. The zero-order valence-corrected chi connectivity index (χ0v) is 18.2. The highest BCUT2D eigenvalue weighted by molar-refractivity contribution is 7.80. The molecule has 2 aromatic rings. The van der Waals surface area contributed by atoms with Crippen LogP contribution >= 0.6 is 12.2 Å². The summed E-state index contributed by atoms with van der Waals surface area (Å²) in [5, 5.41) is 8.92. The van der Waals surface area contributed by atoms with Gasteiger partial charge in [-0.15, -0.1) is 0 Å². The van der Waals surface area contributed by atoms with Gasteiger partial charge in [-0.1, -0.05) is 60.7 Å². The van der Waals surface area contributed by atoms with Crippen LogP contribution in [0.5, 0.6) is 0 Å². The molecule has 4 fully saturated rings. The molecule has 4 aliphatic heterocycles. The van der Waals surface area contributed by atoms with Crippen LogP contribution in [-0.2, 0) is 5.41 Å². The van der Waals surface area contributed by atoms with Gasteiger partial charge in [0.05, 0.1) is 17.2 Å². The molecule has 0 amide bonds. The molecule has 0 aliphatic carbocycles. The molecule has 6 rings (SSSR count). The molecule has 156 valence electrons. The molecule has 0 aromatic heterocycles. The van der Waals surface area contributed by atoms with Crippen molar-refractivity contribution in [1.29, 1.82) is 0 Å². The lowest BCUT2D eigenvalue weighted by atomic mass is 9.66. The third-order valence-corrected chi connectivity index (χ3v) is 7.01. The lowest BCUT2D eigenvalue weighted by molar-refractivity contribution is 0.163. The summed E-state index contributed by atoms with van der Waals surface area (Å²) >= 11 is 5.59. The van der Waals surface area contributed by atoms with Gasteiger partial charge in [0.2, 0.25) is 0 Å². The Hall–Kier alpha value is -2.28. The average molecular weight is 420 g/mol. The summed E-state index contributed by atoms with van der Waals surface area (Å²) < 4.78 is 0. The van der Waals surface area contributed by atoms with E-state index in [1.54, 1.807) is 0 Å². The van der Waals surface area contributed by atoms with Gasteiger partial charge in [0.25, 0.3) is 0 Å². The van der Waals surface area contributed by atoms with Gasteiger partial charge in [0.1, 0.15) is 0 Å². The maximum atomic E-state index is 5.59. The van der Waals surface area contributed by atoms with E-state index in [2.05, 4.69) is 82.1 Å². The predicted molar refractivity (Wildman–Crippen MR) is 126 cm³/mol. The molecule has 4 heterocycles. The molecular formula is C24H29N5S. The lowest BCUT2D eigenvalue weighted by Crippen LogP contribution is -2.64. The zero-order valence-electron chi connectivity index (χ0n) is 17.4. The molecule has 0 saturated carbocycles. The minimum Gasteiger partial charge on any atom is -0.355 e. The van der Waals surface area contributed by atoms with Crippen LogP contribution < -0.4 is 10.7 Å². The second-order valence-electron chi connectivity index (χ2n) is 8.83. The monoisotopic (exact) mass is 419 g/mol. The SMILES string of the molecule is C[C@H](NC(=S)N/N=C1/C2CN3CCN(C2)CC1(c1ccccc1)C3)c1ccccc1. The summed E-state index contributed by atoms with van der Waals surface area (Å²) in [4.78, 5) is 5.25. The summed E-state index contributed by atoms with van der Waals surface area (Å²) in [6, 6.07) is 21.4. The number of rotatable bonds is 4. The number of nitrogens with zero attached hydrogens (tertiary/aromatic N) is 3. The van der Waals surface area contributed by atoms with Crippen molar-refractivity contribution in [2.45, 2.75) is 18.4 Å². The van der Waals surface area contributed by atoms with E-state index >= 15 is 0 Å². The molecule has 5 nitrogen and oxygen atoms in total. The van der Waals surface area contributed by atoms with Crippen molar-refractivity contribution in [3.05, 3.63) is 71.8 Å². The van der Waals surface area contributed by atoms with Crippen LogP contribution in [0.3, 0.4) is 0 Å². The number of hydrazone groups is 1. The smallest absolute Gasteiger partial charge is 0.187 e. The van der Waals surface area contributed by atoms with Gasteiger partial charge >= 0.3 is 0 Å². The molecular weight excluding hydrogens is 390 g/mol. The van der Waals surface area contributed by atoms with Crippen LogP contribution in [0.25, 0.3) is 0 Å². The standard InChI is InChI=1S/C24H29N5S/c1-18(19-8-4-2-5-9-19)25-23(30)27-26-22-20-14-28-12-13-29(15-20)17-24(22,16-28)21-10-6-3-7-11-21/h2-11,18,20H,12-17H2,1H3,(H2,25,27,30)/b26-22-/t18-,20?,24?/m0/s1. The fourth-order valence-electron chi connectivity index (χ4n) is 5.42. The number of thiocarbonyl (C=S) groups is 1. The van der Waals surface area contributed by atoms with Crippen molar-refractivity contribution in [2.24, 2.45) is 11.0 Å².